The van der Waals surface area contributed by atoms with Gasteiger partial charge in [-0.2, -0.15) is 0 Å². The highest BCUT2D eigenvalue weighted by molar-refractivity contribution is 5.50. The van der Waals surface area contributed by atoms with Crippen LogP contribution in [0.5, 0.6) is 5.75 Å². The summed E-state index contributed by atoms with van der Waals surface area (Å²) in [5.74, 6) is 1.77. The first-order chi connectivity index (χ1) is 15.8. The molecule has 1 unspecified atom stereocenters. The molecule has 1 aliphatic heterocycles. The molecule has 33 heavy (non-hydrogen) atoms. The molecule has 0 spiro atoms. The van der Waals surface area contributed by atoms with Crippen LogP contribution < -0.4 is 14.5 Å². The molecule has 1 atom stereocenters. The van der Waals surface area contributed by atoms with Gasteiger partial charge in [0.15, 0.2) is 5.82 Å². The van der Waals surface area contributed by atoms with Gasteiger partial charge >= 0.3 is 0 Å². The summed E-state index contributed by atoms with van der Waals surface area (Å²) < 4.78 is 7.27. The average molecular weight is 450 g/mol. The van der Waals surface area contributed by atoms with Crippen molar-refractivity contribution in [2.75, 3.05) is 57.2 Å². The number of benzene rings is 2. The monoisotopic (exact) mass is 449 g/mol. The van der Waals surface area contributed by atoms with Crippen molar-refractivity contribution in [2.24, 2.45) is 0 Å². The van der Waals surface area contributed by atoms with Crippen LogP contribution in [0.15, 0.2) is 48.5 Å². The molecule has 0 N–H and O–H groups in total. The molecule has 2 aromatic carbocycles. The van der Waals surface area contributed by atoms with Crippen molar-refractivity contribution < 1.29 is 4.74 Å². The zero-order valence-corrected chi connectivity index (χ0v) is 20.6. The van der Waals surface area contributed by atoms with Gasteiger partial charge in [-0.05, 0) is 73.2 Å². The Bertz CT molecular complexity index is 1030. The molecular formula is C25H35N7O. The van der Waals surface area contributed by atoms with Gasteiger partial charge in [0.2, 0.25) is 0 Å². The zero-order chi connectivity index (χ0) is 23.6. The zero-order valence-electron chi connectivity index (χ0n) is 20.6. The Hall–Kier alpha value is -3.13. The number of methoxy groups -OCH3 is 1. The molecule has 176 valence electrons. The van der Waals surface area contributed by atoms with Gasteiger partial charge < -0.3 is 14.5 Å². The summed E-state index contributed by atoms with van der Waals surface area (Å²) in [6.45, 7) is 10.1. The van der Waals surface area contributed by atoms with E-state index in [0.717, 1.165) is 37.8 Å². The Morgan fingerprint density at radius 3 is 2.09 bits per heavy atom. The minimum absolute atomic E-state index is 0.00606. The minimum atomic E-state index is -0.203. The van der Waals surface area contributed by atoms with Crippen molar-refractivity contribution >= 4 is 11.4 Å². The Labute approximate surface area is 196 Å². The van der Waals surface area contributed by atoms with Crippen LogP contribution in [0.1, 0.15) is 38.2 Å². The van der Waals surface area contributed by atoms with Crippen molar-refractivity contribution in [1.29, 1.82) is 0 Å². The predicted molar refractivity (Wildman–Crippen MR) is 132 cm³/mol. The van der Waals surface area contributed by atoms with E-state index in [-0.39, 0.29) is 11.6 Å². The van der Waals surface area contributed by atoms with Crippen molar-refractivity contribution in [2.45, 2.75) is 32.4 Å². The third-order valence-corrected chi connectivity index (χ3v) is 6.22. The van der Waals surface area contributed by atoms with Crippen LogP contribution in [0.25, 0.3) is 0 Å². The fourth-order valence-corrected chi connectivity index (χ4v) is 4.35. The number of piperazine rings is 1. The predicted octanol–water partition coefficient (Wildman–Crippen LogP) is 3.41. The Morgan fingerprint density at radius 2 is 1.55 bits per heavy atom. The quantitative estimate of drug-likeness (QED) is 0.571. The molecule has 0 amide bonds. The standard InChI is InChI=1S/C25H35N7O/c1-25(2,3)32-24(26-27-28-32)23(19-7-9-20(10-8-19)29(4)5)31-17-15-30(16-18-31)21-11-13-22(33-6)14-12-21/h7-14,23H,15-18H2,1-6H3. The van der Waals surface area contributed by atoms with Gasteiger partial charge in [0.25, 0.3) is 0 Å². The van der Waals surface area contributed by atoms with E-state index in [4.69, 9.17) is 4.74 Å². The smallest absolute Gasteiger partial charge is 0.173 e. The lowest BCUT2D eigenvalue weighted by Gasteiger charge is -2.40. The number of aromatic nitrogens is 4. The van der Waals surface area contributed by atoms with Crippen LogP contribution in [-0.2, 0) is 5.54 Å². The summed E-state index contributed by atoms with van der Waals surface area (Å²) in [5, 5.41) is 12.9. The molecule has 8 nitrogen and oxygen atoms in total. The molecule has 3 aromatic rings. The molecule has 1 saturated heterocycles. The number of hydrogen-bond acceptors (Lipinski definition) is 7. The van der Waals surface area contributed by atoms with E-state index in [1.807, 2.05) is 16.8 Å². The fourth-order valence-electron chi connectivity index (χ4n) is 4.35. The average Bonchev–Trinajstić information content (AvgIpc) is 3.30. The first-order valence-electron chi connectivity index (χ1n) is 11.5. The molecule has 1 fully saturated rings. The van der Waals surface area contributed by atoms with Gasteiger partial charge in [-0.3, -0.25) is 4.90 Å². The third-order valence-electron chi connectivity index (χ3n) is 6.22. The van der Waals surface area contributed by atoms with Crippen LogP contribution in [0.2, 0.25) is 0 Å². The van der Waals surface area contributed by atoms with E-state index in [1.165, 1.54) is 16.9 Å². The summed E-state index contributed by atoms with van der Waals surface area (Å²) >= 11 is 0. The number of rotatable bonds is 6. The highest BCUT2D eigenvalue weighted by Crippen LogP contribution is 2.32. The maximum absolute atomic E-state index is 5.31. The largest absolute Gasteiger partial charge is 0.497 e. The highest BCUT2D eigenvalue weighted by Gasteiger charge is 2.33. The van der Waals surface area contributed by atoms with Crippen LogP contribution in [-0.4, -0.2) is 72.5 Å². The lowest BCUT2D eigenvalue weighted by molar-refractivity contribution is 0.191. The summed E-state index contributed by atoms with van der Waals surface area (Å²) in [5.41, 5.74) is 3.41. The number of ether oxygens (including phenoxy) is 1. The number of hydrogen-bond donors (Lipinski definition) is 0. The molecule has 1 aromatic heterocycles. The molecule has 0 bridgehead atoms. The minimum Gasteiger partial charge on any atom is -0.497 e. The summed E-state index contributed by atoms with van der Waals surface area (Å²) in [6, 6.07) is 17.0. The molecule has 1 aliphatic rings. The van der Waals surface area contributed by atoms with Crippen LogP contribution in [0.3, 0.4) is 0 Å². The SMILES string of the molecule is COc1ccc(N2CCN(C(c3ccc(N(C)C)cc3)c3nnnn3C(C)(C)C)CC2)cc1. The molecule has 0 radical (unpaired) electrons. The topological polar surface area (TPSA) is 62.6 Å². The molecule has 0 saturated carbocycles. The lowest BCUT2D eigenvalue weighted by atomic mass is 10.0. The molecule has 0 aliphatic carbocycles. The van der Waals surface area contributed by atoms with E-state index in [2.05, 4.69) is 101 Å². The van der Waals surface area contributed by atoms with E-state index in [0.29, 0.717) is 0 Å². The Morgan fingerprint density at radius 1 is 0.909 bits per heavy atom. The maximum Gasteiger partial charge on any atom is 0.173 e. The number of tetrazole rings is 1. The van der Waals surface area contributed by atoms with Gasteiger partial charge in [-0.25, -0.2) is 4.68 Å². The van der Waals surface area contributed by atoms with Gasteiger partial charge in [0, 0.05) is 51.6 Å². The highest BCUT2D eigenvalue weighted by atomic mass is 16.5. The van der Waals surface area contributed by atoms with Gasteiger partial charge in [0.05, 0.1) is 18.7 Å². The molecular weight excluding hydrogens is 414 g/mol. The summed E-state index contributed by atoms with van der Waals surface area (Å²) in [6.07, 6.45) is 0. The first kappa shape index (κ1) is 23.0. The molecule has 2 heterocycles. The van der Waals surface area contributed by atoms with Gasteiger partial charge in [-0.1, -0.05) is 12.1 Å². The lowest BCUT2D eigenvalue weighted by Crippen LogP contribution is -2.48. The fraction of sp³-hybridized carbons (Fsp3) is 0.480. The van der Waals surface area contributed by atoms with E-state index >= 15 is 0 Å². The van der Waals surface area contributed by atoms with Crippen LogP contribution >= 0.6 is 0 Å². The maximum atomic E-state index is 5.31. The van der Waals surface area contributed by atoms with Crippen molar-refractivity contribution in [1.82, 2.24) is 25.1 Å². The van der Waals surface area contributed by atoms with Crippen molar-refractivity contribution in [3.63, 3.8) is 0 Å². The van der Waals surface area contributed by atoms with Crippen LogP contribution in [0, 0.1) is 0 Å². The summed E-state index contributed by atoms with van der Waals surface area (Å²) in [7, 11) is 5.82. The van der Waals surface area contributed by atoms with E-state index in [1.54, 1.807) is 7.11 Å². The Kier molecular flexibility index (Phi) is 6.56. The first-order valence-corrected chi connectivity index (χ1v) is 11.5. The van der Waals surface area contributed by atoms with Crippen molar-refractivity contribution in [3.05, 3.63) is 59.9 Å². The van der Waals surface area contributed by atoms with Crippen molar-refractivity contribution in [3.8, 4) is 5.75 Å². The molecule has 4 rings (SSSR count). The van der Waals surface area contributed by atoms with Gasteiger partial charge in [0.1, 0.15) is 5.75 Å². The third kappa shape index (κ3) is 4.95. The number of nitrogens with zero attached hydrogens (tertiary/aromatic N) is 7. The second-order valence-electron chi connectivity index (χ2n) is 9.73. The summed E-state index contributed by atoms with van der Waals surface area (Å²) in [4.78, 5) is 7.04. The van der Waals surface area contributed by atoms with Gasteiger partial charge in [-0.15, -0.1) is 5.10 Å². The number of anilines is 2. The normalized spacial score (nSPS) is 16.0. The Balaban J connectivity index is 1.61. The molecule has 8 heteroatoms. The second kappa shape index (κ2) is 9.39. The van der Waals surface area contributed by atoms with Crippen LogP contribution in [0.4, 0.5) is 11.4 Å². The second-order valence-corrected chi connectivity index (χ2v) is 9.73. The van der Waals surface area contributed by atoms with E-state index < -0.39 is 0 Å². The van der Waals surface area contributed by atoms with E-state index in [9.17, 15) is 0 Å².